The summed E-state index contributed by atoms with van der Waals surface area (Å²) in [5, 5.41) is 6.15. The summed E-state index contributed by atoms with van der Waals surface area (Å²) < 4.78 is 1.39. The van der Waals surface area contributed by atoms with Gasteiger partial charge >= 0.3 is 0 Å². The van der Waals surface area contributed by atoms with Crippen molar-refractivity contribution in [3.05, 3.63) is 46.5 Å². The number of amides is 1. The van der Waals surface area contributed by atoms with Crippen molar-refractivity contribution >= 4 is 11.6 Å². The average molecular weight is 286 g/mol. The third-order valence-corrected chi connectivity index (χ3v) is 3.81. The highest BCUT2D eigenvalue weighted by molar-refractivity contribution is 5.93. The van der Waals surface area contributed by atoms with Crippen molar-refractivity contribution in [3.8, 4) is 0 Å². The van der Waals surface area contributed by atoms with E-state index in [-0.39, 0.29) is 17.0 Å². The number of rotatable bonds is 3. The second-order valence-electron chi connectivity index (χ2n) is 5.33. The molecule has 0 radical (unpaired) electrons. The Hall–Kier alpha value is -2.21. The number of fused-ring (bicyclic) bond motifs is 1. The van der Waals surface area contributed by atoms with Crippen molar-refractivity contribution in [3.63, 3.8) is 0 Å². The van der Waals surface area contributed by atoms with Crippen LogP contribution in [0.1, 0.15) is 23.2 Å². The fraction of sp³-hybridized carbons (Fsp3) is 0.400. The van der Waals surface area contributed by atoms with E-state index >= 15 is 0 Å². The van der Waals surface area contributed by atoms with Crippen LogP contribution >= 0.6 is 0 Å². The minimum atomic E-state index is -0.351. The van der Waals surface area contributed by atoms with Crippen LogP contribution in [0.3, 0.4) is 0 Å². The van der Waals surface area contributed by atoms with E-state index in [1.54, 1.807) is 24.4 Å². The van der Waals surface area contributed by atoms with Gasteiger partial charge in [-0.15, -0.1) is 0 Å². The van der Waals surface area contributed by atoms with Crippen molar-refractivity contribution in [1.82, 2.24) is 20.0 Å². The molecule has 1 saturated heterocycles. The Bertz CT molecular complexity index is 704. The van der Waals surface area contributed by atoms with Crippen LogP contribution in [0, 0.1) is 5.92 Å². The Balaban J connectivity index is 1.75. The van der Waals surface area contributed by atoms with Crippen LogP contribution in [0.2, 0.25) is 0 Å². The summed E-state index contributed by atoms with van der Waals surface area (Å²) in [6, 6.07) is 5.28. The van der Waals surface area contributed by atoms with Crippen LogP contribution in [-0.2, 0) is 0 Å². The lowest BCUT2D eigenvalue weighted by atomic mass is 10.00. The maximum atomic E-state index is 12.3. The van der Waals surface area contributed by atoms with Gasteiger partial charge in [0.05, 0.1) is 0 Å². The first kappa shape index (κ1) is 13.8. The standard InChI is InChI=1S/C15H18N4O2/c20-14(18-9-11-4-3-6-16-8-11)12-10-17-13-5-1-2-7-19(13)15(12)21/h1-2,5,7,10-11,16H,3-4,6,8-9H2,(H,18,20). The lowest BCUT2D eigenvalue weighted by Crippen LogP contribution is -2.39. The Kier molecular flexibility index (Phi) is 3.96. The fourth-order valence-electron chi connectivity index (χ4n) is 2.61. The number of nitrogens with zero attached hydrogens (tertiary/aromatic N) is 2. The smallest absolute Gasteiger partial charge is 0.270 e. The predicted molar refractivity (Wildman–Crippen MR) is 79.4 cm³/mol. The quantitative estimate of drug-likeness (QED) is 0.857. The van der Waals surface area contributed by atoms with Gasteiger partial charge < -0.3 is 10.6 Å². The van der Waals surface area contributed by atoms with E-state index in [4.69, 9.17) is 0 Å². The maximum absolute atomic E-state index is 12.3. The number of hydrogen-bond donors (Lipinski definition) is 2. The molecule has 0 aromatic carbocycles. The van der Waals surface area contributed by atoms with Crippen molar-refractivity contribution < 1.29 is 4.79 Å². The van der Waals surface area contributed by atoms with Crippen LogP contribution in [0.25, 0.3) is 5.65 Å². The van der Waals surface area contributed by atoms with Crippen LogP contribution in [0.4, 0.5) is 0 Å². The lowest BCUT2D eigenvalue weighted by Gasteiger charge is -2.22. The monoisotopic (exact) mass is 286 g/mol. The summed E-state index contributed by atoms with van der Waals surface area (Å²) in [5.74, 6) is 0.0789. The van der Waals surface area contributed by atoms with E-state index in [0.29, 0.717) is 18.1 Å². The zero-order valence-corrected chi connectivity index (χ0v) is 11.7. The molecule has 0 saturated carbocycles. The molecule has 1 aliphatic rings. The molecular weight excluding hydrogens is 268 g/mol. The molecule has 3 heterocycles. The maximum Gasteiger partial charge on any atom is 0.270 e. The fourth-order valence-corrected chi connectivity index (χ4v) is 2.61. The SMILES string of the molecule is O=C(NCC1CCCNC1)c1cnc2ccccn2c1=O. The number of hydrogen-bond acceptors (Lipinski definition) is 4. The van der Waals surface area contributed by atoms with Gasteiger partial charge in [-0.05, 0) is 44.0 Å². The van der Waals surface area contributed by atoms with Crippen molar-refractivity contribution in [1.29, 1.82) is 0 Å². The Morgan fingerprint density at radius 1 is 1.48 bits per heavy atom. The molecule has 2 N–H and O–H groups in total. The summed E-state index contributed by atoms with van der Waals surface area (Å²) in [6.45, 7) is 2.54. The summed E-state index contributed by atoms with van der Waals surface area (Å²) in [6.07, 6.45) is 5.20. The molecule has 6 nitrogen and oxygen atoms in total. The molecular formula is C15H18N4O2. The van der Waals surface area contributed by atoms with Gasteiger partial charge in [-0.1, -0.05) is 6.07 Å². The summed E-state index contributed by atoms with van der Waals surface area (Å²) in [5.41, 5.74) is 0.290. The summed E-state index contributed by atoms with van der Waals surface area (Å²) in [4.78, 5) is 28.6. The second kappa shape index (κ2) is 6.05. The topological polar surface area (TPSA) is 75.5 Å². The van der Waals surface area contributed by atoms with Crippen LogP contribution in [0.15, 0.2) is 35.4 Å². The van der Waals surface area contributed by atoms with Gasteiger partial charge in [0.15, 0.2) is 0 Å². The molecule has 110 valence electrons. The molecule has 0 spiro atoms. The second-order valence-corrected chi connectivity index (χ2v) is 5.33. The van der Waals surface area contributed by atoms with Gasteiger partial charge in [-0.25, -0.2) is 4.98 Å². The molecule has 1 aliphatic heterocycles. The van der Waals surface area contributed by atoms with E-state index in [9.17, 15) is 9.59 Å². The summed E-state index contributed by atoms with van der Waals surface area (Å²) >= 11 is 0. The number of nitrogens with one attached hydrogen (secondary N) is 2. The largest absolute Gasteiger partial charge is 0.351 e. The van der Waals surface area contributed by atoms with Gasteiger partial charge in [-0.3, -0.25) is 14.0 Å². The minimum Gasteiger partial charge on any atom is -0.351 e. The first-order valence-electron chi connectivity index (χ1n) is 7.21. The van der Waals surface area contributed by atoms with Crippen LogP contribution < -0.4 is 16.2 Å². The van der Waals surface area contributed by atoms with Crippen molar-refractivity contribution in [2.75, 3.05) is 19.6 Å². The molecule has 6 heteroatoms. The number of carbonyl (C=O) groups excluding carboxylic acids is 1. The van der Waals surface area contributed by atoms with E-state index in [1.807, 2.05) is 0 Å². The molecule has 1 amide bonds. The normalized spacial score (nSPS) is 18.6. The van der Waals surface area contributed by atoms with Gasteiger partial charge in [-0.2, -0.15) is 0 Å². The number of carbonyl (C=O) groups is 1. The molecule has 2 aromatic heterocycles. The first-order valence-corrected chi connectivity index (χ1v) is 7.21. The van der Waals surface area contributed by atoms with Gasteiger partial charge in [0, 0.05) is 18.9 Å². The van der Waals surface area contributed by atoms with Crippen molar-refractivity contribution in [2.24, 2.45) is 5.92 Å². The Morgan fingerprint density at radius 3 is 3.19 bits per heavy atom. The summed E-state index contributed by atoms with van der Waals surface area (Å²) in [7, 11) is 0. The highest BCUT2D eigenvalue weighted by Gasteiger charge is 2.17. The lowest BCUT2D eigenvalue weighted by molar-refractivity contribution is 0.0943. The Labute approximate surface area is 122 Å². The van der Waals surface area contributed by atoms with Gasteiger partial charge in [0.25, 0.3) is 11.5 Å². The first-order chi connectivity index (χ1) is 10.3. The third kappa shape index (κ3) is 2.95. The molecule has 0 aliphatic carbocycles. The zero-order valence-electron chi connectivity index (χ0n) is 11.7. The molecule has 1 unspecified atom stereocenters. The number of pyridine rings is 1. The minimum absolute atomic E-state index is 0.0856. The van der Waals surface area contributed by atoms with Crippen LogP contribution in [-0.4, -0.2) is 34.9 Å². The van der Waals surface area contributed by atoms with Gasteiger partial charge in [0.2, 0.25) is 0 Å². The third-order valence-electron chi connectivity index (χ3n) is 3.81. The number of aromatic nitrogens is 2. The zero-order chi connectivity index (χ0) is 14.7. The molecule has 1 atom stereocenters. The average Bonchev–Trinajstić information content (AvgIpc) is 2.54. The van der Waals surface area contributed by atoms with E-state index in [1.165, 1.54) is 10.6 Å². The molecule has 21 heavy (non-hydrogen) atoms. The van der Waals surface area contributed by atoms with Crippen LogP contribution in [0.5, 0.6) is 0 Å². The highest BCUT2D eigenvalue weighted by Crippen LogP contribution is 2.08. The Morgan fingerprint density at radius 2 is 2.38 bits per heavy atom. The van der Waals surface area contributed by atoms with E-state index < -0.39 is 0 Å². The number of piperidine rings is 1. The van der Waals surface area contributed by atoms with Crippen molar-refractivity contribution in [2.45, 2.75) is 12.8 Å². The molecule has 0 bridgehead atoms. The van der Waals surface area contributed by atoms with E-state index in [0.717, 1.165) is 25.9 Å². The molecule has 3 rings (SSSR count). The molecule has 1 fully saturated rings. The van der Waals surface area contributed by atoms with E-state index in [2.05, 4.69) is 15.6 Å². The predicted octanol–water partition coefficient (Wildman–Crippen LogP) is 0.424. The molecule has 2 aromatic rings. The van der Waals surface area contributed by atoms with Gasteiger partial charge in [0.1, 0.15) is 11.2 Å². The highest BCUT2D eigenvalue weighted by atomic mass is 16.2.